The third-order valence-electron chi connectivity index (χ3n) is 5.33. The Balaban J connectivity index is 1.35. The molecule has 0 saturated carbocycles. The largest absolute Gasteiger partial charge is 0.344 e. The van der Waals surface area contributed by atoms with E-state index in [0.29, 0.717) is 32.7 Å². The van der Waals surface area contributed by atoms with Crippen molar-refractivity contribution in [3.8, 4) is 0 Å². The van der Waals surface area contributed by atoms with Gasteiger partial charge in [-0.15, -0.1) is 11.3 Å². The predicted octanol–water partition coefficient (Wildman–Crippen LogP) is 3.41. The van der Waals surface area contributed by atoms with Crippen LogP contribution < -0.4 is 5.32 Å². The Morgan fingerprint density at radius 1 is 0.833 bits per heavy atom. The highest BCUT2D eigenvalue weighted by atomic mass is 32.1. The SMILES string of the molecule is O=C(CN1CCN(C(=O)c2cccs2)CC1)NC(c1ccccc1)c1ccccc1. The fourth-order valence-electron chi connectivity index (χ4n) is 3.72. The standard InChI is InChI=1S/C24H25N3O2S/c28-22(18-26-13-15-27(16-14-26)24(29)21-12-7-17-30-21)25-23(19-8-3-1-4-9-19)20-10-5-2-6-11-20/h1-12,17,23H,13-16,18H2,(H,25,28). The van der Waals surface area contributed by atoms with Gasteiger partial charge in [0.25, 0.3) is 5.91 Å². The highest BCUT2D eigenvalue weighted by Gasteiger charge is 2.25. The van der Waals surface area contributed by atoms with Crippen LogP contribution in [0.1, 0.15) is 26.8 Å². The summed E-state index contributed by atoms with van der Waals surface area (Å²) in [6.45, 7) is 3.02. The van der Waals surface area contributed by atoms with E-state index in [-0.39, 0.29) is 17.9 Å². The van der Waals surface area contributed by atoms with Gasteiger partial charge in [-0.25, -0.2) is 0 Å². The number of nitrogens with one attached hydrogen (secondary N) is 1. The van der Waals surface area contributed by atoms with Crippen LogP contribution in [-0.2, 0) is 4.79 Å². The van der Waals surface area contributed by atoms with Crippen molar-refractivity contribution in [2.24, 2.45) is 0 Å². The van der Waals surface area contributed by atoms with Gasteiger partial charge in [0, 0.05) is 26.2 Å². The molecule has 0 unspecified atom stereocenters. The van der Waals surface area contributed by atoms with Crippen LogP contribution in [0.3, 0.4) is 0 Å². The van der Waals surface area contributed by atoms with Gasteiger partial charge in [-0.2, -0.15) is 0 Å². The third-order valence-corrected chi connectivity index (χ3v) is 6.19. The second kappa shape index (κ2) is 9.69. The molecule has 5 nitrogen and oxygen atoms in total. The van der Waals surface area contributed by atoms with Crippen molar-refractivity contribution in [3.63, 3.8) is 0 Å². The fraction of sp³-hybridized carbons (Fsp3) is 0.250. The van der Waals surface area contributed by atoms with E-state index in [9.17, 15) is 9.59 Å². The molecular formula is C24H25N3O2S. The van der Waals surface area contributed by atoms with Crippen LogP contribution in [0.25, 0.3) is 0 Å². The fourth-order valence-corrected chi connectivity index (χ4v) is 4.42. The molecule has 2 aromatic carbocycles. The number of carbonyl (C=O) groups excluding carboxylic acids is 2. The molecule has 1 aliphatic rings. The lowest BCUT2D eigenvalue weighted by Gasteiger charge is -2.34. The van der Waals surface area contributed by atoms with Gasteiger partial charge in [-0.05, 0) is 22.6 Å². The third kappa shape index (κ3) is 4.96. The van der Waals surface area contributed by atoms with Crippen LogP contribution >= 0.6 is 11.3 Å². The molecule has 3 aromatic rings. The summed E-state index contributed by atoms with van der Waals surface area (Å²) in [7, 11) is 0. The van der Waals surface area contributed by atoms with Crippen molar-refractivity contribution >= 4 is 23.2 Å². The maximum absolute atomic E-state index is 12.8. The first-order chi connectivity index (χ1) is 14.7. The Morgan fingerprint density at radius 3 is 1.97 bits per heavy atom. The number of thiophene rings is 1. The lowest BCUT2D eigenvalue weighted by Crippen LogP contribution is -2.51. The van der Waals surface area contributed by atoms with Crippen LogP contribution in [0.2, 0.25) is 0 Å². The lowest BCUT2D eigenvalue weighted by atomic mass is 9.99. The van der Waals surface area contributed by atoms with Crippen molar-refractivity contribution < 1.29 is 9.59 Å². The van der Waals surface area contributed by atoms with Crippen molar-refractivity contribution in [1.29, 1.82) is 0 Å². The first-order valence-electron chi connectivity index (χ1n) is 10.1. The van der Waals surface area contributed by atoms with Gasteiger partial charge < -0.3 is 10.2 Å². The molecule has 4 rings (SSSR count). The number of piperazine rings is 1. The van der Waals surface area contributed by atoms with E-state index in [1.807, 2.05) is 83.1 Å². The van der Waals surface area contributed by atoms with Crippen molar-refractivity contribution in [2.45, 2.75) is 6.04 Å². The number of hydrogen-bond acceptors (Lipinski definition) is 4. The van der Waals surface area contributed by atoms with Gasteiger partial charge in [0.05, 0.1) is 17.5 Å². The molecule has 1 aliphatic heterocycles. The zero-order valence-electron chi connectivity index (χ0n) is 16.7. The van der Waals surface area contributed by atoms with Crippen molar-refractivity contribution in [3.05, 3.63) is 94.2 Å². The molecule has 0 atom stereocenters. The van der Waals surface area contributed by atoms with Crippen LogP contribution in [0.15, 0.2) is 78.2 Å². The highest BCUT2D eigenvalue weighted by molar-refractivity contribution is 7.12. The number of nitrogens with zero attached hydrogens (tertiary/aromatic N) is 2. The smallest absolute Gasteiger partial charge is 0.264 e. The average Bonchev–Trinajstić information content (AvgIpc) is 3.34. The quantitative estimate of drug-likeness (QED) is 0.666. The summed E-state index contributed by atoms with van der Waals surface area (Å²) in [6.07, 6.45) is 0. The second-order valence-electron chi connectivity index (χ2n) is 7.37. The van der Waals surface area contributed by atoms with Gasteiger partial charge in [-0.3, -0.25) is 14.5 Å². The number of hydrogen-bond donors (Lipinski definition) is 1. The van der Waals surface area contributed by atoms with Crippen molar-refractivity contribution in [2.75, 3.05) is 32.7 Å². The summed E-state index contributed by atoms with van der Waals surface area (Å²) >= 11 is 1.47. The number of rotatable bonds is 6. The van der Waals surface area contributed by atoms with E-state index in [2.05, 4.69) is 10.2 Å². The molecule has 0 aliphatic carbocycles. The van der Waals surface area contributed by atoms with Crippen LogP contribution in [0, 0.1) is 0 Å². The van der Waals surface area contributed by atoms with Crippen molar-refractivity contribution in [1.82, 2.24) is 15.1 Å². The molecule has 30 heavy (non-hydrogen) atoms. The molecule has 0 radical (unpaired) electrons. The Kier molecular flexibility index (Phi) is 6.57. The molecule has 0 bridgehead atoms. The van der Waals surface area contributed by atoms with E-state index >= 15 is 0 Å². The minimum Gasteiger partial charge on any atom is -0.344 e. The summed E-state index contributed by atoms with van der Waals surface area (Å²) < 4.78 is 0. The summed E-state index contributed by atoms with van der Waals surface area (Å²) in [5.74, 6) is 0.0769. The van der Waals surface area contributed by atoms with Gasteiger partial charge in [0.1, 0.15) is 0 Å². The molecule has 1 N–H and O–H groups in total. The van der Waals surface area contributed by atoms with E-state index < -0.39 is 0 Å². The lowest BCUT2D eigenvalue weighted by molar-refractivity contribution is -0.123. The van der Waals surface area contributed by atoms with E-state index in [4.69, 9.17) is 0 Å². The zero-order valence-corrected chi connectivity index (χ0v) is 17.6. The normalized spacial score (nSPS) is 14.6. The summed E-state index contributed by atoms with van der Waals surface area (Å²) in [5.41, 5.74) is 2.12. The van der Waals surface area contributed by atoms with Crippen LogP contribution in [0.5, 0.6) is 0 Å². The monoisotopic (exact) mass is 419 g/mol. The Labute approximate surface area is 180 Å². The Morgan fingerprint density at radius 2 is 1.43 bits per heavy atom. The highest BCUT2D eigenvalue weighted by Crippen LogP contribution is 2.21. The van der Waals surface area contributed by atoms with E-state index in [1.165, 1.54) is 11.3 Å². The van der Waals surface area contributed by atoms with Crippen LogP contribution in [-0.4, -0.2) is 54.3 Å². The summed E-state index contributed by atoms with van der Waals surface area (Å²) in [6, 6.07) is 23.6. The maximum atomic E-state index is 12.8. The average molecular weight is 420 g/mol. The van der Waals surface area contributed by atoms with Crippen LogP contribution in [0.4, 0.5) is 0 Å². The second-order valence-corrected chi connectivity index (χ2v) is 8.32. The molecule has 154 valence electrons. The van der Waals surface area contributed by atoms with Gasteiger partial charge in [0.2, 0.25) is 5.91 Å². The number of benzene rings is 2. The van der Waals surface area contributed by atoms with E-state index in [1.54, 1.807) is 0 Å². The first-order valence-corrected chi connectivity index (χ1v) is 11.0. The maximum Gasteiger partial charge on any atom is 0.264 e. The Bertz CT molecular complexity index is 913. The van der Waals surface area contributed by atoms with Gasteiger partial charge in [0.15, 0.2) is 0 Å². The predicted molar refractivity (Wildman–Crippen MR) is 120 cm³/mol. The molecule has 2 amide bonds. The van der Waals surface area contributed by atoms with Gasteiger partial charge in [-0.1, -0.05) is 66.7 Å². The first kappa shape index (κ1) is 20.3. The number of amides is 2. The Hall–Kier alpha value is -2.96. The molecule has 1 saturated heterocycles. The topological polar surface area (TPSA) is 52.7 Å². The summed E-state index contributed by atoms with van der Waals surface area (Å²) in [4.78, 5) is 30.1. The molecule has 6 heteroatoms. The number of carbonyl (C=O) groups is 2. The molecular weight excluding hydrogens is 394 g/mol. The minimum atomic E-state index is -0.179. The van der Waals surface area contributed by atoms with Gasteiger partial charge >= 0.3 is 0 Å². The zero-order chi connectivity index (χ0) is 20.8. The molecule has 1 aromatic heterocycles. The summed E-state index contributed by atoms with van der Waals surface area (Å²) in [5, 5.41) is 5.11. The molecule has 1 fully saturated rings. The molecule has 0 spiro atoms. The molecule has 2 heterocycles. The van der Waals surface area contributed by atoms with E-state index in [0.717, 1.165) is 16.0 Å². The minimum absolute atomic E-state index is 0.00857.